The highest BCUT2D eigenvalue weighted by atomic mass is 35.5. The molecule has 0 amide bonds. The first-order valence-electron chi connectivity index (χ1n) is 6.21. The van der Waals surface area contributed by atoms with E-state index < -0.39 is 7.82 Å². The Morgan fingerprint density at radius 1 is 1.20 bits per heavy atom. The molecule has 0 atom stereocenters. The van der Waals surface area contributed by atoms with E-state index in [4.69, 9.17) is 25.2 Å². The van der Waals surface area contributed by atoms with Crippen LogP contribution in [0.2, 0.25) is 5.02 Å². The molecule has 0 aliphatic heterocycles. The van der Waals surface area contributed by atoms with Crippen molar-refractivity contribution >= 4 is 30.3 Å². The van der Waals surface area contributed by atoms with Crippen molar-refractivity contribution in [2.75, 3.05) is 13.2 Å². The molecule has 0 aliphatic rings. The Labute approximate surface area is 122 Å². The van der Waals surface area contributed by atoms with Crippen LogP contribution in [0.1, 0.15) is 13.8 Å². The molecule has 2 rings (SSSR count). The molecule has 1 aromatic carbocycles. The standard InChI is InChI=1S/C13H15ClNO4P/c1-3-17-20(16,18-4-2)19-12-8-7-11(14)10-6-5-9-15-13(10)12/h5-9H,3-4H2,1-2H3. The lowest BCUT2D eigenvalue weighted by atomic mass is 10.2. The van der Waals surface area contributed by atoms with Gasteiger partial charge in [0.2, 0.25) is 0 Å². The second-order valence-electron chi connectivity index (χ2n) is 3.82. The topological polar surface area (TPSA) is 57.7 Å². The normalized spacial score (nSPS) is 11.8. The number of phosphoric acid groups is 1. The largest absolute Gasteiger partial charge is 0.530 e. The molecular formula is C13H15ClNO4P. The van der Waals surface area contributed by atoms with Crippen LogP contribution in [-0.4, -0.2) is 18.2 Å². The van der Waals surface area contributed by atoms with E-state index in [1.807, 2.05) is 6.07 Å². The minimum atomic E-state index is -3.64. The van der Waals surface area contributed by atoms with Gasteiger partial charge in [0.15, 0.2) is 5.75 Å². The molecule has 0 fully saturated rings. The molecule has 1 heterocycles. The summed E-state index contributed by atoms with van der Waals surface area (Å²) in [5, 5.41) is 1.26. The minimum absolute atomic E-state index is 0.218. The smallest absolute Gasteiger partial charge is 0.402 e. The fourth-order valence-electron chi connectivity index (χ4n) is 1.71. The van der Waals surface area contributed by atoms with E-state index in [0.29, 0.717) is 21.7 Å². The molecule has 1 aromatic heterocycles. The predicted molar refractivity (Wildman–Crippen MR) is 78.2 cm³/mol. The van der Waals surface area contributed by atoms with Crippen LogP contribution in [-0.2, 0) is 13.6 Å². The Bertz CT molecular complexity index is 639. The Morgan fingerprint density at radius 2 is 1.90 bits per heavy atom. The summed E-state index contributed by atoms with van der Waals surface area (Å²) in [6.07, 6.45) is 1.61. The van der Waals surface area contributed by atoms with Gasteiger partial charge in [0.05, 0.1) is 18.2 Å². The molecule has 0 N–H and O–H groups in total. The van der Waals surface area contributed by atoms with Gasteiger partial charge in [-0.25, -0.2) is 4.57 Å². The predicted octanol–water partition coefficient (Wildman–Crippen LogP) is 4.45. The van der Waals surface area contributed by atoms with Crippen molar-refractivity contribution in [3.63, 3.8) is 0 Å². The highest BCUT2D eigenvalue weighted by Gasteiger charge is 2.28. The molecule has 0 unspecified atom stereocenters. The highest BCUT2D eigenvalue weighted by molar-refractivity contribution is 7.48. The minimum Gasteiger partial charge on any atom is -0.402 e. The van der Waals surface area contributed by atoms with E-state index in [2.05, 4.69) is 4.98 Å². The number of fused-ring (bicyclic) bond motifs is 1. The summed E-state index contributed by atoms with van der Waals surface area (Å²) in [6.45, 7) is 3.87. The molecular weight excluding hydrogens is 301 g/mol. The van der Waals surface area contributed by atoms with E-state index in [1.54, 1.807) is 38.2 Å². The number of pyridine rings is 1. The van der Waals surface area contributed by atoms with Crippen LogP contribution in [0.15, 0.2) is 30.5 Å². The summed E-state index contributed by atoms with van der Waals surface area (Å²) in [7, 11) is -3.64. The van der Waals surface area contributed by atoms with Crippen LogP contribution >= 0.6 is 19.4 Å². The van der Waals surface area contributed by atoms with Gasteiger partial charge in [-0.15, -0.1) is 0 Å². The lowest BCUT2D eigenvalue weighted by Crippen LogP contribution is -2.03. The van der Waals surface area contributed by atoms with Crippen molar-refractivity contribution in [3.8, 4) is 5.75 Å². The van der Waals surface area contributed by atoms with Crippen LogP contribution in [0.25, 0.3) is 10.9 Å². The summed E-state index contributed by atoms with van der Waals surface area (Å²) in [5.41, 5.74) is 0.514. The van der Waals surface area contributed by atoms with Gasteiger partial charge in [-0.3, -0.25) is 14.0 Å². The Kier molecular flexibility index (Phi) is 5.00. The molecule has 108 valence electrons. The second kappa shape index (κ2) is 6.55. The molecule has 0 saturated carbocycles. The molecule has 0 radical (unpaired) electrons. The van der Waals surface area contributed by atoms with Crippen LogP contribution in [0.5, 0.6) is 5.75 Å². The summed E-state index contributed by atoms with van der Waals surface area (Å²) < 4.78 is 28.0. The average Bonchev–Trinajstić information content (AvgIpc) is 2.43. The fraction of sp³-hybridized carbons (Fsp3) is 0.308. The Hall–Kier alpha value is -1.13. The van der Waals surface area contributed by atoms with Crippen LogP contribution in [0, 0.1) is 0 Å². The molecule has 0 bridgehead atoms. The number of rotatable bonds is 6. The molecule has 0 spiro atoms. The van der Waals surface area contributed by atoms with Gasteiger partial charge in [-0.1, -0.05) is 11.6 Å². The number of nitrogens with zero attached hydrogens (tertiary/aromatic N) is 1. The lowest BCUT2D eigenvalue weighted by molar-refractivity contribution is 0.168. The van der Waals surface area contributed by atoms with Gasteiger partial charge < -0.3 is 4.52 Å². The number of benzene rings is 1. The molecule has 0 saturated heterocycles. The molecule has 7 heteroatoms. The van der Waals surface area contributed by atoms with Crippen LogP contribution in [0.3, 0.4) is 0 Å². The molecule has 2 aromatic rings. The number of halogens is 1. The monoisotopic (exact) mass is 315 g/mol. The van der Waals surface area contributed by atoms with Crippen molar-refractivity contribution in [2.45, 2.75) is 13.8 Å². The third-order valence-electron chi connectivity index (χ3n) is 2.46. The third kappa shape index (κ3) is 3.30. The quantitative estimate of drug-likeness (QED) is 0.737. The van der Waals surface area contributed by atoms with Gasteiger partial charge >= 0.3 is 7.82 Å². The lowest BCUT2D eigenvalue weighted by Gasteiger charge is -2.17. The molecule has 20 heavy (non-hydrogen) atoms. The van der Waals surface area contributed by atoms with Crippen molar-refractivity contribution < 1.29 is 18.1 Å². The van der Waals surface area contributed by atoms with Gasteiger partial charge in [-0.2, -0.15) is 0 Å². The van der Waals surface area contributed by atoms with E-state index >= 15 is 0 Å². The maximum Gasteiger partial charge on any atom is 0.530 e. The van der Waals surface area contributed by atoms with E-state index in [1.165, 1.54) is 0 Å². The van der Waals surface area contributed by atoms with Crippen LogP contribution < -0.4 is 4.52 Å². The number of phosphoric ester groups is 1. The van der Waals surface area contributed by atoms with Crippen molar-refractivity contribution in [3.05, 3.63) is 35.5 Å². The number of hydrogen-bond donors (Lipinski definition) is 0. The Balaban J connectivity index is 2.43. The van der Waals surface area contributed by atoms with Crippen LogP contribution in [0.4, 0.5) is 0 Å². The third-order valence-corrected chi connectivity index (χ3v) is 4.36. The zero-order chi connectivity index (χ0) is 14.6. The second-order valence-corrected chi connectivity index (χ2v) is 5.82. The molecule has 5 nitrogen and oxygen atoms in total. The summed E-state index contributed by atoms with van der Waals surface area (Å²) in [6, 6.07) is 6.83. The van der Waals surface area contributed by atoms with Crippen molar-refractivity contribution in [1.82, 2.24) is 4.98 Å². The van der Waals surface area contributed by atoms with Crippen molar-refractivity contribution in [1.29, 1.82) is 0 Å². The highest BCUT2D eigenvalue weighted by Crippen LogP contribution is 2.50. The van der Waals surface area contributed by atoms with Gasteiger partial charge in [-0.05, 0) is 38.1 Å². The van der Waals surface area contributed by atoms with Gasteiger partial charge in [0.1, 0.15) is 5.52 Å². The summed E-state index contributed by atoms with van der Waals surface area (Å²) in [5.74, 6) is 0.315. The van der Waals surface area contributed by atoms with E-state index in [0.717, 1.165) is 0 Å². The van der Waals surface area contributed by atoms with E-state index in [-0.39, 0.29) is 13.2 Å². The zero-order valence-corrected chi connectivity index (χ0v) is 12.9. The maximum atomic E-state index is 12.4. The first kappa shape index (κ1) is 15.3. The number of aromatic nitrogens is 1. The van der Waals surface area contributed by atoms with Gasteiger partial charge in [0.25, 0.3) is 0 Å². The molecule has 0 aliphatic carbocycles. The fourth-order valence-corrected chi connectivity index (χ4v) is 3.13. The summed E-state index contributed by atoms with van der Waals surface area (Å²) >= 11 is 6.10. The number of hydrogen-bond acceptors (Lipinski definition) is 5. The first-order valence-corrected chi connectivity index (χ1v) is 8.05. The summed E-state index contributed by atoms with van der Waals surface area (Å²) in [4.78, 5) is 4.20. The maximum absolute atomic E-state index is 12.4. The van der Waals surface area contributed by atoms with Gasteiger partial charge in [0, 0.05) is 11.6 Å². The first-order chi connectivity index (χ1) is 9.59. The van der Waals surface area contributed by atoms with E-state index in [9.17, 15) is 4.57 Å². The average molecular weight is 316 g/mol. The van der Waals surface area contributed by atoms with Crippen molar-refractivity contribution in [2.24, 2.45) is 0 Å². The SMILES string of the molecule is CCOP(=O)(OCC)Oc1ccc(Cl)c2cccnc12. The zero-order valence-electron chi connectivity index (χ0n) is 11.2. The Morgan fingerprint density at radius 3 is 2.55 bits per heavy atom.